The van der Waals surface area contributed by atoms with Crippen molar-refractivity contribution in [2.45, 2.75) is 18.9 Å². The third kappa shape index (κ3) is 2.44. The topological polar surface area (TPSA) is 41.1 Å². The standard InChI is InChI=1S/C10H13ClN2OS/c11-4-5-12-10(14)13-8-2-1-7-3-6-15-9(7)8/h3,6,8H,1-2,4-5H2,(H2,12,13,14). The Morgan fingerprint density at radius 1 is 1.67 bits per heavy atom. The summed E-state index contributed by atoms with van der Waals surface area (Å²) >= 11 is 7.20. The smallest absolute Gasteiger partial charge is 0.315 e. The SMILES string of the molecule is O=C(NCCCl)NC1CCc2ccsc21. The van der Waals surface area contributed by atoms with Gasteiger partial charge in [-0.1, -0.05) is 0 Å². The Bertz CT molecular complexity index is 353. The van der Waals surface area contributed by atoms with Gasteiger partial charge in [0.05, 0.1) is 6.04 Å². The number of thiophene rings is 1. The van der Waals surface area contributed by atoms with Gasteiger partial charge in [0.15, 0.2) is 0 Å². The van der Waals surface area contributed by atoms with Crippen LogP contribution in [0.15, 0.2) is 11.4 Å². The van der Waals surface area contributed by atoms with Gasteiger partial charge in [0, 0.05) is 17.3 Å². The van der Waals surface area contributed by atoms with Gasteiger partial charge >= 0.3 is 6.03 Å². The maximum absolute atomic E-state index is 11.4. The first-order valence-corrected chi connectivity index (χ1v) is 6.39. The molecule has 15 heavy (non-hydrogen) atoms. The number of hydrogen-bond donors (Lipinski definition) is 2. The van der Waals surface area contributed by atoms with E-state index in [0.717, 1.165) is 12.8 Å². The van der Waals surface area contributed by atoms with E-state index in [1.54, 1.807) is 11.3 Å². The number of aryl methyl sites for hydroxylation is 1. The predicted molar refractivity (Wildman–Crippen MR) is 62.6 cm³/mol. The fourth-order valence-electron chi connectivity index (χ4n) is 1.80. The van der Waals surface area contributed by atoms with Gasteiger partial charge in [-0.15, -0.1) is 22.9 Å². The number of carbonyl (C=O) groups is 1. The van der Waals surface area contributed by atoms with E-state index >= 15 is 0 Å². The summed E-state index contributed by atoms with van der Waals surface area (Å²) in [7, 11) is 0. The Kier molecular flexibility index (Phi) is 3.49. The molecule has 0 saturated carbocycles. The van der Waals surface area contributed by atoms with E-state index in [0.29, 0.717) is 12.4 Å². The average Bonchev–Trinajstić information content (AvgIpc) is 2.80. The second-order valence-corrected chi connectivity index (χ2v) is 4.82. The number of nitrogens with one attached hydrogen (secondary N) is 2. The van der Waals surface area contributed by atoms with Crippen molar-refractivity contribution in [1.29, 1.82) is 0 Å². The quantitative estimate of drug-likeness (QED) is 0.787. The molecule has 1 aromatic heterocycles. The van der Waals surface area contributed by atoms with Gasteiger partial charge in [-0.3, -0.25) is 0 Å². The number of alkyl halides is 1. The van der Waals surface area contributed by atoms with Crippen molar-refractivity contribution in [3.05, 3.63) is 21.9 Å². The Balaban J connectivity index is 1.89. The monoisotopic (exact) mass is 244 g/mol. The van der Waals surface area contributed by atoms with Crippen LogP contribution in [-0.4, -0.2) is 18.5 Å². The molecule has 1 atom stereocenters. The summed E-state index contributed by atoms with van der Waals surface area (Å²) < 4.78 is 0. The lowest BCUT2D eigenvalue weighted by Gasteiger charge is -2.12. The van der Waals surface area contributed by atoms with Gasteiger partial charge in [0.25, 0.3) is 0 Å². The molecule has 2 rings (SSSR count). The molecule has 1 aliphatic rings. The molecule has 0 aliphatic heterocycles. The van der Waals surface area contributed by atoms with Crippen molar-refractivity contribution in [3.8, 4) is 0 Å². The lowest BCUT2D eigenvalue weighted by atomic mass is 10.3. The molecule has 0 radical (unpaired) electrons. The Labute approximate surface area is 97.8 Å². The molecule has 2 amide bonds. The van der Waals surface area contributed by atoms with E-state index in [4.69, 9.17) is 11.6 Å². The molecular formula is C10H13ClN2OS. The zero-order valence-corrected chi connectivity index (χ0v) is 9.83. The molecule has 1 unspecified atom stereocenters. The highest BCUT2D eigenvalue weighted by molar-refractivity contribution is 7.10. The highest BCUT2D eigenvalue weighted by Gasteiger charge is 2.24. The number of hydrogen-bond acceptors (Lipinski definition) is 2. The molecule has 1 aliphatic carbocycles. The van der Waals surface area contributed by atoms with Crippen LogP contribution in [0.2, 0.25) is 0 Å². The van der Waals surface area contributed by atoms with Gasteiger partial charge in [-0.25, -0.2) is 4.79 Å². The van der Waals surface area contributed by atoms with Gasteiger partial charge in [0.1, 0.15) is 0 Å². The van der Waals surface area contributed by atoms with E-state index in [-0.39, 0.29) is 12.1 Å². The fourth-order valence-corrected chi connectivity index (χ4v) is 2.93. The van der Waals surface area contributed by atoms with Crippen molar-refractivity contribution in [3.63, 3.8) is 0 Å². The normalized spacial score (nSPS) is 18.6. The Morgan fingerprint density at radius 3 is 3.33 bits per heavy atom. The first kappa shape index (κ1) is 10.8. The number of carbonyl (C=O) groups excluding carboxylic acids is 1. The molecular weight excluding hydrogens is 232 g/mol. The first-order chi connectivity index (χ1) is 7.31. The highest BCUT2D eigenvalue weighted by atomic mass is 35.5. The molecule has 0 fully saturated rings. The summed E-state index contributed by atoms with van der Waals surface area (Å²) in [6.07, 6.45) is 2.08. The zero-order chi connectivity index (χ0) is 10.7. The van der Waals surface area contributed by atoms with Gasteiger partial charge in [-0.2, -0.15) is 0 Å². The minimum atomic E-state index is -0.123. The zero-order valence-electron chi connectivity index (χ0n) is 8.25. The molecule has 0 spiro atoms. The van der Waals surface area contributed by atoms with Crippen molar-refractivity contribution in [2.75, 3.05) is 12.4 Å². The number of halogens is 1. The summed E-state index contributed by atoms with van der Waals surface area (Å²) in [6.45, 7) is 0.511. The number of urea groups is 1. The highest BCUT2D eigenvalue weighted by Crippen LogP contribution is 2.34. The third-order valence-corrected chi connectivity index (χ3v) is 3.75. The maximum atomic E-state index is 11.4. The van der Waals surface area contributed by atoms with Gasteiger partial charge < -0.3 is 10.6 Å². The molecule has 2 N–H and O–H groups in total. The van der Waals surface area contributed by atoms with Crippen LogP contribution in [0.3, 0.4) is 0 Å². The molecule has 0 saturated heterocycles. The van der Waals surface area contributed by atoms with Crippen molar-refractivity contribution >= 4 is 29.0 Å². The predicted octanol–water partition coefficient (Wildman–Crippen LogP) is 2.27. The Morgan fingerprint density at radius 2 is 2.53 bits per heavy atom. The molecule has 3 nitrogen and oxygen atoms in total. The van der Waals surface area contributed by atoms with Crippen LogP contribution in [0.25, 0.3) is 0 Å². The van der Waals surface area contributed by atoms with Crippen molar-refractivity contribution < 1.29 is 4.79 Å². The summed E-state index contributed by atoms with van der Waals surface area (Å²) in [5.74, 6) is 0.447. The second kappa shape index (κ2) is 4.86. The van der Waals surface area contributed by atoms with Gasteiger partial charge in [0.2, 0.25) is 0 Å². The lowest BCUT2D eigenvalue weighted by molar-refractivity contribution is 0.238. The van der Waals surface area contributed by atoms with Gasteiger partial charge in [-0.05, 0) is 29.9 Å². The van der Waals surface area contributed by atoms with Crippen molar-refractivity contribution in [1.82, 2.24) is 10.6 Å². The molecule has 82 valence electrons. The van der Waals surface area contributed by atoms with E-state index in [1.807, 2.05) is 0 Å². The fraction of sp³-hybridized carbons (Fsp3) is 0.500. The molecule has 0 bridgehead atoms. The largest absolute Gasteiger partial charge is 0.337 e. The lowest BCUT2D eigenvalue weighted by Crippen LogP contribution is -2.38. The van der Waals surface area contributed by atoms with Crippen LogP contribution in [-0.2, 0) is 6.42 Å². The molecule has 1 aromatic rings. The van der Waals surface area contributed by atoms with Crippen LogP contribution >= 0.6 is 22.9 Å². The summed E-state index contributed by atoms with van der Waals surface area (Å²) in [6, 6.07) is 2.20. The van der Waals surface area contributed by atoms with Crippen LogP contribution in [0.4, 0.5) is 4.79 Å². The van der Waals surface area contributed by atoms with E-state index in [9.17, 15) is 4.79 Å². The van der Waals surface area contributed by atoms with E-state index < -0.39 is 0 Å². The van der Waals surface area contributed by atoms with Crippen LogP contribution in [0, 0.1) is 0 Å². The number of fused-ring (bicyclic) bond motifs is 1. The molecule has 0 aromatic carbocycles. The Hall–Kier alpha value is -0.740. The van der Waals surface area contributed by atoms with Crippen molar-refractivity contribution in [2.24, 2.45) is 0 Å². The number of amides is 2. The number of rotatable bonds is 3. The van der Waals surface area contributed by atoms with Crippen LogP contribution < -0.4 is 10.6 Å². The maximum Gasteiger partial charge on any atom is 0.315 e. The molecule has 5 heteroatoms. The van der Waals surface area contributed by atoms with E-state index in [2.05, 4.69) is 22.1 Å². The third-order valence-electron chi connectivity index (χ3n) is 2.48. The summed E-state index contributed by atoms with van der Waals surface area (Å²) in [5, 5.41) is 7.74. The average molecular weight is 245 g/mol. The van der Waals surface area contributed by atoms with Crippen LogP contribution in [0.5, 0.6) is 0 Å². The minimum absolute atomic E-state index is 0.123. The second-order valence-electron chi connectivity index (χ2n) is 3.49. The van der Waals surface area contributed by atoms with Crippen LogP contribution in [0.1, 0.15) is 22.9 Å². The minimum Gasteiger partial charge on any atom is -0.337 e. The summed E-state index contributed by atoms with van der Waals surface area (Å²) in [5.41, 5.74) is 1.38. The van der Waals surface area contributed by atoms with E-state index in [1.165, 1.54) is 10.4 Å². The molecule has 1 heterocycles. The summed E-state index contributed by atoms with van der Waals surface area (Å²) in [4.78, 5) is 12.7. The first-order valence-electron chi connectivity index (χ1n) is 4.98.